The fraction of sp³-hybridized carbons (Fsp3) is 0.0667. The summed E-state index contributed by atoms with van der Waals surface area (Å²) in [6.07, 6.45) is 0. The number of hydrogen-bond donors (Lipinski definition) is 1. The largest absolute Gasteiger partial charge is 0.386 e. The zero-order valence-electron chi connectivity index (χ0n) is 25.9. The molecule has 1 aliphatic rings. The first-order chi connectivity index (χ1) is 22.5. The van der Waals surface area contributed by atoms with E-state index in [1.54, 1.807) is 0 Å². The van der Waals surface area contributed by atoms with Gasteiger partial charge in [-0.15, -0.1) is 0 Å². The molecule has 0 fully saturated rings. The Hall–Kier alpha value is -5.50. The van der Waals surface area contributed by atoms with E-state index in [0.29, 0.717) is 0 Å². The molecule has 1 nitrogen and oxygen atoms in total. The van der Waals surface area contributed by atoms with Crippen molar-refractivity contribution in [2.24, 2.45) is 0 Å². The summed E-state index contributed by atoms with van der Waals surface area (Å²) in [5, 5.41) is 18.8. The second-order valence-electron chi connectivity index (χ2n) is 13.0. The van der Waals surface area contributed by atoms with Gasteiger partial charge in [-0.1, -0.05) is 140 Å². The van der Waals surface area contributed by atoms with Crippen LogP contribution in [-0.4, -0.2) is 5.11 Å². The van der Waals surface area contributed by atoms with E-state index in [0.717, 1.165) is 22.1 Å². The van der Waals surface area contributed by atoms with Gasteiger partial charge in [0.1, 0.15) is 0 Å². The van der Waals surface area contributed by atoms with E-state index in [1.165, 1.54) is 71.4 Å². The maximum atomic E-state index is 11.5. The topological polar surface area (TPSA) is 20.2 Å². The van der Waals surface area contributed by atoms with Crippen LogP contribution in [0.3, 0.4) is 0 Å². The van der Waals surface area contributed by atoms with Crippen LogP contribution in [0.2, 0.25) is 0 Å². The highest BCUT2D eigenvalue weighted by molar-refractivity contribution is 6.28. The fourth-order valence-electron chi connectivity index (χ4n) is 7.81. The molecule has 0 aromatic heterocycles. The summed E-state index contributed by atoms with van der Waals surface area (Å²) in [6, 6.07) is 54.8. The Kier molecular flexibility index (Phi) is 5.84. The lowest BCUT2D eigenvalue weighted by atomic mass is 9.82. The smallest absolute Gasteiger partial charge is 0.0846 e. The van der Waals surface area contributed by atoms with Crippen molar-refractivity contribution in [2.45, 2.75) is 19.4 Å². The van der Waals surface area contributed by atoms with Gasteiger partial charge in [-0.25, -0.2) is 0 Å². The fourth-order valence-corrected chi connectivity index (χ4v) is 7.81. The van der Waals surface area contributed by atoms with E-state index in [4.69, 9.17) is 0 Å². The van der Waals surface area contributed by atoms with Gasteiger partial charge in [-0.2, -0.15) is 0 Å². The molecule has 8 aromatic rings. The molecule has 8 aromatic carbocycles. The van der Waals surface area contributed by atoms with Crippen LogP contribution in [0, 0.1) is 0 Å². The van der Waals surface area contributed by atoms with Crippen LogP contribution >= 0.6 is 0 Å². The third kappa shape index (κ3) is 3.92. The van der Waals surface area contributed by atoms with Crippen molar-refractivity contribution in [1.29, 1.82) is 0 Å². The number of benzene rings is 8. The highest BCUT2D eigenvalue weighted by atomic mass is 16.3. The summed E-state index contributed by atoms with van der Waals surface area (Å²) in [5.41, 5.74) is 12.2. The molecule has 0 amide bonds. The summed E-state index contributed by atoms with van der Waals surface area (Å²) in [7, 11) is 0. The molecule has 0 heterocycles. The zero-order valence-corrected chi connectivity index (χ0v) is 25.9. The van der Waals surface area contributed by atoms with Crippen LogP contribution in [0.25, 0.3) is 88.0 Å². The van der Waals surface area contributed by atoms with Crippen LogP contribution in [0.15, 0.2) is 152 Å². The molecular weight excluding hydrogens is 556 g/mol. The first-order valence-electron chi connectivity index (χ1n) is 16.0. The van der Waals surface area contributed by atoms with Crippen molar-refractivity contribution in [3.05, 3.63) is 157 Å². The standard InChI is InChI=1S/C45H32O/c1-45(2,46)39-27-31-19-10-9-18-30(31)26-38(39)32-24-25-37-42-33(32)22-13-23-36(42)43-40(28-14-5-3-6-15-28)34-20-11-12-21-35(34)41(44(37)43)29-16-7-4-8-17-29/h3-27,46H,1-2H3. The molecule has 0 unspecified atom stereocenters. The van der Waals surface area contributed by atoms with Gasteiger partial charge in [0.2, 0.25) is 0 Å². The third-order valence-electron chi connectivity index (χ3n) is 9.76. The highest BCUT2D eigenvalue weighted by Crippen LogP contribution is 2.58. The van der Waals surface area contributed by atoms with E-state index in [2.05, 4.69) is 152 Å². The Labute approximate surface area is 269 Å². The van der Waals surface area contributed by atoms with Gasteiger partial charge in [0.05, 0.1) is 5.60 Å². The molecule has 1 heteroatoms. The molecule has 0 aliphatic heterocycles. The van der Waals surface area contributed by atoms with E-state index >= 15 is 0 Å². The Morgan fingerprint density at radius 3 is 1.46 bits per heavy atom. The lowest BCUT2D eigenvalue weighted by molar-refractivity contribution is 0.0793. The first-order valence-corrected chi connectivity index (χ1v) is 16.0. The second kappa shape index (κ2) is 10.0. The number of fused-ring (bicyclic) bond motifs is 5. The first kappa shape index (κ1) is 26.9. The molecule has 46 heavy (non-hydrogen) atoms. The Morgan fingerprint density at radius 2 is 0.870 bits per heavy atom. The van der Waals surface area contributed by atoms with Gasteiger partial charge in [0.15, 0.2) is 0 Å². The molecule has 1 aliphatic carbocycles. The van der Waals surface area contributed by atoms with Crippen molar-refractivity contribution in [2.75, 3.05) is 0 Å². The average molecular weight is 589 g/mol. The van der Waals surface area contributed by atoms with E-state index in [9.17, 15) is 5.11 Å². The minimum Gasteiger partial charge on any atom is -0.386 e. The minimum absolute atomic E-state index is 0.933. The van der Waals surface area contributed by atoms with Gasteiger partial charge in [-0.3, -0.25) is 0 Å². The van der Waals surface area contributed by atoms with Gasteiger partial charge >= 0.3 is 0 Å². The quantitative estimate of drug-likeness (QED) is 0.217. The lowest BCUT2D eigenvalue weighted by Crippen LogP contribution is -2.17. The summed E-state index contributed by atoms with van der Waals surface area (Å²) in [4.78, 5) is 0. The molecule has 0 spiro atoms. The van der Waals surface area contributed by atoms with E-state index in [-0.39, 0.29) is 0 Å². The van der Waals surface area contributed by atoms with Gasteiger partial charge < -0.3 is 5.11 Å². The molecule has 1 N–H and O–H groups in total. The molecular formula is C45H32O. The number of aliphatic hydroxyl groups is 1. The predicted molar refractivity (Wildman–Crippen MR) is 195 cm³/mol. The normalized spacial score (nSPS) is 12.2. The molecule has 0 atom stereocenters. The van der Waals surface area contributed by atoms with E-state index in [1.807, 2.05) is 13.8 Å². The zero-order chi connectivity index (χ0) is 31.0. The van der Waals surface area contributed by atoms with Crippen molar-refractivity contribution in [1.82, 2.24) is 0 Å². The maximum Gasteiger partial charge on any atom is 0.0846 e. The second-order valence-corrected chi connectivity index (χ2v) is 13.0. The van der Waals surface area contributed by atoms with E-state index < -0.39 is 5.60 Å². The SMILES string of the molecule is CC(C)(O)c1cc2ccccc2cc1-c1ccc2c3c(cccc13)-c1c-2c(-c2ccccc2)c2ccccc2c1-c1ccccc1. The van der Waals surface area contributed by atoms with Crippen molar-refractivity contribution in [3.8, 4) is 55.6 Å². The Balaban J connectivity index is 1.44. The lowest BCUT2D eigenvalue weighted by Gasteiger charge is -2.24. The summed E-state index contributed by atoms with van der Waals surface area (Å²) in [5.74, 6) is 0. The van der Waals surface area contributed by atoms with Crippen LogP contribution < -0.4 is 0 Å². The van der Waals surface area contributed by atoms with Gasteiger partial charge in [0, 0.05) is 0 Å². The molecule has 9 rings (SSSR count). The minimum atomic E-state index is -1.01. The predicted octanol–water partition coefficient (Wildman–Crippen LogP) is 12.0. The Morgan fingerprint density at radius 1 is 0.391 bits per heavy atom. The monoisotopic (exact) mass is 588 g/mol. The maximum absolute atomic E-state index is 11.5. The van der Waals surface area contributed by atoms with Crippen molar-refractivity contribution < 1.29 is 5.11 Å². The average Bonchev–Trinajstić information content (AvgIpc) is 3.42. The summed E-state index contributed by atoms with van der Waals surface area (Å²) in [6.45, 7) is 3.78. The van der Waals surface area contributed by atoms with Gasteiger partial charge in [-0.05, 0) is 119 Å². The molecule has 0 saturated heterocycles. The molecule has 0 radical (unpaired) electrons. The van der Waals surface area contributed by atoms with Crippen molar-refractivity contribution in [3.63, 3.8) is 0 Å². The van der Waals surface area contributed by atoms with Crippen LogP contribution in [0.5, 0.6) is 0 Å². The van der Waals surface area contributed by atoms with Crippen molar-refractivity contribution >= 4 is 32.3 Å². The molecule has 0 bridgehead atoms. The molecule has 218 valence electrons. The van der Waals surface area contributed by atoms with Crippen LogP contribution in [0.1, 0.15) is 19.4 Å². The van der Waals surface area contributed by atoms with Crippen LogP contribution in [-0.2, 0) is 5.60 Å². The summed E-state index contributed by atoms with van der Waals surface area (Å²) < 4.78 is 0. The third-order valence-corrected chi connectivity index (χ3v) is 9.76. The van der Waals surface area contributed by atoms with Gasteiger partial charge in [0.25, 0.3) is 0 Å². The number of hydrogen-bond acceptors (Lipinski definition) is 1. The summed E-state index contributed by atoms with van der Waals surface area (Å²) >= 11 is 0. The number of rotatable bonds is 4. The highest BCUT2D eigenvalue weighted by Gasteiger charge is 2.32. The Bertz CT molecular complexity index is 2390. The molecule has 0 saturated carbocycles. The van der Waals surface area contributed by atoms with Crippen LogP contribution in [0.4, 0.5) is 0 Å².